The highest BCUT2D eigenvalue weighted by atomic mass is 16.7. The normalized spacial score (nSPS) is 42.9. The van der Waals surface area contributed by atoms with E-state index in [0.717, 1.165) is 12.8 Å². The van der Waals surface area contributed by atoms with Crippen LogP contribution in [-0.4, -0.2) is 59.1 Å². The van der Waals surface area contributed by atoms with E-state index in [9.17, 15) is 20.4 Å². The number of phenols is 4. The number of phenolic OH excluding ortho intramolecular Hbond substituents is 4. The minimum atomic E-state index is -0.765. The van der Waals surface area contributed by atoms with E-state index >= 15 is 0 Å². The second-order valence-electron chi connectivity index (χ2n) is 10.8. The van der Waals surface area contributed by atoms with Crippen molar-refractivity contribution < 1.29 is 39.0 Å². The molecule has 0 spiro atoms. The minimum Gasteiger partial charge on any atom is -0.508 e. The third kappa shape index (κ3) is 2.35. The van der Waals surface area contributed by atoms with Gasteiger partial charge in [0, 0.05) is 0 Å². The van der Waals surface area contributed by atoms with Crippen molar-refractivity contribution in [2.45, 2.75) is 37.3 Å². The summed E-state index contributed by atoms with van der Waals surface area (Å²) in [7, 11) is -1.53. The van der Waals surface area contributed by atoms with E-state index in [1.165, 1.54) is 24.3 Å². The molecular formula is C24H24B2O8. The van der Waals surface area contributed by atoms with Crippen molar-refractivity contribution in [2.24, 2.45) is 35.5 Å². The summed E-state index contributed by atoms with van der Waals surface area (Å²) in [5.41, 5.74) is 0.608. The van der Waals surface area contributed by atoms with Crippen LogP contribution >= 0.6 is 0 Å². The van der Waals surface area contributed by atoms with Crippen molar-refractivity contribution in [2.75, 3.05) is 0 Å². The van der Waals surface area contributed by atoms with E-state index in [4.69, 9.17) is 18.6 Å². The second-order valence-corrected chi connectivity index (χ2v) is 10.8. The van der Waals surface area contributed by atoms with Gasteiger partial charge in [0.15, 0.2) is 0 Å². The predicted octanol–water partition coefficient (Wildman–Crippen LogP) is 0.699. The zero-order chi connectivity index (χ0) is 22.9. The summed E-state index contributed by atoms with van der Waals surface area (Å²) in [5.74, 6) is 2.20. The Kier molecular flexibility index (Phi) is 3.88. The molecule has 174 valence electrons. The van der Waals surface area contributed by atoms with Gasteiger partial charge in [0.05, 0.1) is 35.3 Å². The first-order valence-corrected chi connectivity index (χ1v) is 12.1. The smallest absolute Gasteiger partial charge is 0.502 e. The number of fused-ring (bicyclic) bond motifs is 15. The van der Waals surface area contributed by atoms with Crippen LogP contribution in [-0.2, 0) is 18.6 Å². The molecule has 0 amide bonds. The maximum absolute atomic E-state index is 10.3. The number of hydrogen-bond acceptors (Lipinski definition) is 8. The first kappa shape index (κ1) is 19.9. The first-order chi connectivity index (χ1) is 16.5. The fraction of sp³-hybridized carbons (Fsp3) is 0.500. The molecular weight excluding hydrogens is 438 g/mol. The highest BCUT2D eigenvalue weighted by Crippen LogP contribution is 2.70. The van der Waals surface area contributed by atoms with E-state index in [1.54, 1.807) is 12.1 Å². The fourth-order valence-electron chi connectivity index (χ4n) is 8.61. The average molecular weight is 462 g/mol. The monoisotopic (exact) mass is 462 g/mol. The van der Waals surface area contributed by atoms with E-state index < -0.39 is 14.2 Å². The van der Waals surface area contributed by atoms with Crippen molar-refractivity contribution in [1.82, 2.24) is 0 Å². The molecule has 10 atom stereocenters. The quantitative estimate of drug-likeness (QED) is 0.381. The van der Waals surface area contributed by atoms with Crippen LogP contribution in [0, 0.1) is 35.5 Å². The van der Waals surface area contributed by atoms with Gasteiger partial charge in [-0.15, -0.1) is 0 Å². The summed E-state index contributed by atoms with van der Waals surface area (Å²) in [5, 5.41) is 41.2. The van der Waals surface area contributed by atoms with Crippen LogP contribution < -0.4 is 10.9 Å². The Balaban J connectivity index is 1.07. The van der Waals surface area contributed by atoms with E-state index in [2.05, 4.69) is 0 Å². The summed E-state index contributed by atoms with van der Waals surface area (Å²) in [6, 6.07) is 9.33. The third-order valence-corrected chi connectivity index (χ3v) is 9.56. The van der Waals surface area contributed by atoms with Gasteiger partial charge < -0.3 is 39.0 Å². The number of aromatic hydroxyl groups is 4. The van der Waals surface area contributed by atoms with Crippen molar-refractivity contribution in [3.05, 3.63) is 36.4 Å². The maximum Gasteiger partial charge on any atom is 0.502 e. The average Bonchev–Trinajstić information content (AvgIpc) is 3.58. The van der Waals surface area contributed by atoms with Crippen molar-refractivity contribution in [3.63, 3.8) is 0 Å². The van der Waals surface area contributed by atoms with Gasteiger partial charge in [-0.3, -0.25) is 0 Å². The molecule has 8 rings (SSSR count). The van der Waals surface area contributed by atoms with Crippen LogP contribution in [0.3, 0.4) is 0 Å². The van der Waals surface area contributed by atoms with Crippen LogP contribution in [0.15, 0.2) is 36.4 Å². The SMILES string of the molecule is Oc1cccc(O)c1B1OC2C3CC(C2O1)C1C3[C@H]2C[C@@H]1[C@@H]1OB(c3c(O)cccc3O)O[C@@H]12. The molecule has 2 aromatic rings. The number of hydrogen-bond donors (Lipinski definition) is 4. The topological polar surface area (TPSA) is 118 Å². The van der Waals surface area contributed by atoms with Crippen molar-refractivity contribution in [1.29, 1.82) is 0 Å². The molecule has 4 saturated carbocycles. The van der Waals surface area contributed by atoms with E-state index in [1.807, 2.05) is 0 Å². The van der Waals surface area contributed by atoms with E-state index in [-0.39, 0.29) is 47.4 Å². The number of rotatable bonds is 2. The lowest BCUT2D eigenvalue weighted by Crippen LogP contribution is -2.49. The molecule has 0 aromatic heterocycles. The molecule has 6 fully saturated rings. The molecule has 0 radical (unpaired) electrons. The molecule has 34 heavy (non-hydrogen) atoms. The molecule has 6 unspecified atom stereocenters. The fourth-order valence-corrected chi connectivity index (χ4v) is 8.61. The molecule has 2 saturated heterocycles. The van der Waals surface area contributed by atoms with Gasteiger partial charge >= 0.3 is 14.2 Å². The Morgan fingerprint density at radius 3 is 1.12 bits per heavy atom. The summed E-state index contributed by atoms with van der Waals surface area (Å²) >= 11 is 0. The Morgan fingerprint density at radius 1 is 0.529 bits per heavy atom. The Bertz CT molecular complexity index is 1030. The van der Waals surface area contributed by atoms with Gasteiger partial charge in [-0.05, 0) is 72.6 Å². The maximum atomic E-state index is 10.3. The van der Waals surface area contributed by atoms with Crippen LogP contribution in [0.5, 0.6) is 23.0 Å². The predicted molar refractivity (Wildman–Crippen MR) is 120 cm³/mol. The third-order valence-electron chi connectivity index (χ3n) is 9.56. The Morgan fingerprint density at radius 2 is 0.824 bits per heavy atom. The van der Waals surface area contributed by atoms with Gasteiger partial charge in [0.25, 0.3) is 0 Å². The van der Waals surface area contributed by atoms with Crippen molar-refractivity contribution in [3.8, 4) is 23.0 Å². The van der Waals surface area contributed by atoms with Gasteiger partial charge in [0.1, 0.15) is 23.0 Å². The molecule has 2 aromatic carbocycles. The summed E-state index contributed by atoms with van der Waals surface area (Å²) in [6.07, 6.45) is 1.86. The summed E-state index contributed by atoms with van der Waals surface area (Å²) < 4.78 is 25.3. The molecule has 4 aliphatic carbocycles. The lowest BCUT2D eigenvalue weighted by Gasteiger charge is -2.43. The highest BCUT2D eigenvalue weighted by Gasteiger charge is 2.74. The number of benzene rings is 2. The van der Waals surface area contributed by atoms with Crippen LogP contribution in [0.4, 0.5) is 0 Å². The summed E-state index contributed by atoms with van der Waals surface area (Å²) in [6.45, 7) is 0. The standard InChI is InChI=1S/C24H24B2O8/c27-13-3-1-4-14(28)19(13)25-31-21-9-7-10(22(21)32-25)18-12-8-11(17(9)18)23-24(12)34-26(33-23)20-15(29)5-2-6-16(20)30/h1-6,9-12,17-18,21-24,27-30H,7-8H2/t9-,10+,11?,12?,17?,18?,21-,22+,23?,24?. The molecule has 4 bridgehead atoms. The molecule has 4 N–H and O–H groups in total. The summed E-state index contributed by atoms with van der Waals surface area (Å²) in [4.78, 5) is 0. The highest BCUT2D eigenvalue weighted by molar-refractivity contribution is 6.64. The van der Waals surface area contributed by atoms with Gasteiger partial charge in [0.2, 0.25) is 0 Å². The van der Waals surface area contributed by atoms with Crippen LogP contribution in [0.2, 0.25) is 0 Å². The van der Waals surface area contributed by atoms with Gasteiger partial charge in [-0.2, -0.15) is 0 Å². The Labute approximate surface area is 196 Å². The van der Waals surface area contributed by atoms with E-state index in [0.29, 0.717) is 46.4 Å². The first-order valence-electron chi connectivity index (χ1n) is 12.1. The largest absolute Gasteiger partial charge is 0.508 e. The molecule has 8 nitrogen and oxygen atoms in total. The molecule has 10 heteroatoms. The van der Waals surface area contributed by atoms with Gasteiger partial charge in [-0.1, -0.05) is 12.1 Å². The second kappa shape index (κ2) is 6.63. The van der Waals surface area contributed by atoms with Crippen molar-refractivity contribution >= 4 is 25.2 Å². The minimum absolute atomic E-state index is 0.0209. The van der Waals surface area contributed by atoms with Crippen LogP contribution in [0.1, 0.15) is 12.8 Å². The zero-order valence-corrected chi connectivity index (χ0v) is 18.2. The van der Waals surface area contributed by atoms with Gasteiger partial charge in [-0.25, -0.2) is 0 Å². The lowest BCUT2D eigenvalue weighted by atomic mass is 9.67. The molecule has 2 heterocycles. The molecule has 2 aliphatic heterocycles. The zero-order valence-electron chi connectivity index (χ0n) is 18.2. The Hall–Kier alpha value is -2.39. The molecule has 6 aliphatic rings. The van der Waals surface area contributed by atoms with Crippen LogP contribution in [0.25, 0.3) is 0 Å². The lowest BCUT2D eigenvalue weighted by molar-refractivity contribution is -0.0431.